The molecule has 0 fully saturated rings. The maximum atomic E-state index is 13.4. The Hall–Kier alpha value is -1.78. The molecule has 0 spiro atoms. The lowest BCUT2D eigenvalue weighted by Gasteiger charge is -2.19. The normalized spacial score (nSPS) is 11.0. The Bertz CT molecular complexity index is 399. The standard InChI is InChI=1S/C11H15FN2O2/c1-11(2,3)16-10(15)14-8-6-4-5-7(13)9(8)12/h4-6H,13H2,1-3H3,(H,14,15). The zero-order valence-electron chi connectivity index (χ0n) is 9.50. The smallest absolute Gasteiger partial charge is 0.412 e. The van der Waals surface area contributed by atoms with Gasteiger partial charge in [0.15, 0.2) is 5.82 Å². The van der Waals surface area contributed by atoms with Gasteiger partial charge in [-0.3, -0.25) is 5.32 Å². The van der Waals surface area contributed by atoms with E-state index in [0.29, 0.717) is 0 Å². The first-order valence-corrected chi connectivity index (χ1v) is 4.83. The van der Waals surface area contributed by atoms with Gasteiger partial charge in [-0.05, 0) is 32.9 Å². The zero-order chi connectivity index (χ0) is 12.3. The van der Waals surface area contributed by atoms with E-state index in [1.54, 1.807) is 26.8 Å². The number of hydrogen-bond donors (Lipinski definition) is 2. The Morgan fingerprint density at radius 2 is 2.06 bits per heavy atom. The van der Waals surface area contributed by atoms with Gasteiger partial charge in [-0.15, -0.1) is 0 Å². The van der Waals surface area contributed by atoms with Gasteiger partial charge in [-0.1, -0.05) is 6.07 Å². The Balaban J connectivity index is 2.74. The average molecular weight is 226 g/mol. The molecule has 0 saturated heterocycles. The molecule has 0 unspecified atom stereocenters. The fraction of sp³-hybridized carbons (Fsp3) is 0.364. The van der Waals surface area contributed by atoms with Gasteiger partial charge in [-0.25, -0.2) is 9.18 Å². The molecule has 1 amide bonds. The topological polar surface area (TPSA) is 64.3 Å². The predicted octanol–water partition coefficient (Wildman–Crippen LogP) is 2.75. The van der Waals surface area contributed by atoms with Crippen molar-refractivity contribution in [3.05, 3.63) is 24.0 Å². The second-order valence-electron chi connectivity index (χ2n) is 4.34. The third-order valence-corrected chi connectivity index (χ3v) is 1.66. The van der Waals surface area contributed by atoms with Crippen molar-refractivity contribution in [2.75, 3.05) is 11.1 Å². The van der Waals surface area contributed by atoms with Gasteiger partial charge in [0, 0.05) is 0 Å². The molecule has 0 bridgehead atoms. The SMILES string of the molecule is CC(C)(C)OC(=O)Nc1cccc(N)c1F. The van der Waals surface area contributed by atoms with Crippen LogP contribution in [0.5, 0.6) is 0 Å². The van der Waals surface area contributed by atoms with Crippen LogP contribution in [0.3, 0.4) is 0 Å². The van der Waals surface area contributed by atoms with Crippen molar-refractivity contribution in [3.63, 3.8) is 0 Å². The fourth-order valence-corrected chi connectivity index (χ4v) is 1.06. The van der Waals surface area contributed by atoms with Crippen molar-refractivity contribution in [2.24, 2.45) is 0 Å². The Kier molecular flexibility index (Phi) is 3.37. The molecule has 5 heteroatoms. The summed E-state index contributed by atoms with van der Waals surface area (Å²) in [6.07, 6.45) is -0.711. The van der Waals surface area contributed by atoms with E-state index in [4.69, 9.17) is 10.5 Å². The number of carbonyl (C=O) groups is 1. The van der Waals surface area contributed by atoms with E-state index < -0.39 is 17.5 Å². The van der Waals surface area contributed by atoms with E-state index in [9.17, 15) is 9.18 Å². The second kappa shape index (κ2) is 4.38. The third-order valence-electron chi connectivity index (χ3n) is 1.66. The van der Waals surface area contributed by atoms with E-state index in [1.807, 2.05) is 0 Å². The highest BCUT2D eigenvalue weighted by atomic mass is 19.1. The van der Waals surface area contributed by atoms with Crippen LogP contribution < -0.4 is 11.1 Å². The van der Waals surface area contributed by atoms with Crippen LogP contribution in [-0.4, -0.2) is 11.7 Å². The van der Waals surface area contributed by atoms with Gasteiger partial charge in [-0.2, -0.15) is 0 Å². The molecule has 3 N–H and O–H groups in total. The molecule has 0 saturated carbocycles. The van der Waals surface area contributed by atoms with Crippen LogP contribution in [0.25, 0.3) is 0 Å². The Morgan fingerprint density at radius 1 is 1.44 bits per heavy atom. The van der Waals surface area contributed by atoms with Gasteiger partial charge >= 0.3 is 6.09 Å². The summed E-state index contributed by atoms with van der Waals surface area (Å²) < 4.78 is 18.4. The van der Waals surface area contributed by atoms with Gasteiger partial charge in [0.25, 0.3) is 0 Å². The summed E-state index contributed by atoms with van der Waals surface area (Å²) in [5, 5.41) is 2.29. The van der Waals surface area contributed by atoms with Crippen molar-refractivity contribution >= 4 is 17.5 Å². The number of nitrogens with one attached hydrogen (secondary N) is 1. The molecule has 0 aliphatic rings. The fourth-order valence-electron chi connectivity index (χ4n) is 1.06. The van der Waals surface area contributed by atoms with Crippen LogP contribution in [0.2, 0.25) is 0 Å². The molecule has 0 aromatic heterocycles. The zero-order valence-corrected chi connectivity index (χ0v) is 9.50. The third kappa shape index (κ3) is 3.42. The number of amides is 1. The first-order chi connectivity index (χ1) is 7.29. The minimum Gasteiger partial charge on any atom is -0.444 e. The van der Waals surface area contributed by atoms with Crippen LogP contribution >= 0.6 is 0 Å². The number of hydrogen-bond acceptors (Lipinski definition) is 3. The molecule has 4 nitrogen and oxygen atoms in total. The maximum absolute atomic E-state index is 13.4. The summed E-state index contributed by atoms with van der Waals surface area (Å²) in [7, 11) is 0. The minimum atomic E-state index is -0.711. The summed E-state index contributed by atoms with van der Waals surface area (Å²) >= 11 is 0. The molecule has 0 heterocycles. The van der Waals surface area contributed by atoms with Crippen LogP contribution in [-0.2, 0) is 4.74 Å². The first-order valence-electron chi connectivity index (χ1n) is 4.83. The average Bonchev–Trinajstić information content (AvgIpc) is 2.09. The quantitative estimate of drug-likeness (QED) is 0.723. The lowest BCUT2D eigenvalue weighted by atomic mass is 10.2. The summed E-state index contributed by atoms with van der Waals surface area (Å²) in [6, 6.07) is 4.37. The van der Waals surface area contributed by atoms with Gasteiger partial charge in [0.05, 0.1) is 11.4 Å². The highest BCUT2D eigenvalue weighted by Crippen LogP contribution is 2.20. The summed E-state index contributed by atoms with van der Waals surface area (Å²) in [4.78, 5) is 11.4. The van der Waals surface area contributed by atoms with Gasteiger partial charge < -0.3 is 10.5 Å². The number of benzene rings is 1. The predicted molar refractivity (Wildman–Crippen MR) is 60.7 cm³/mol. The van der Waals surface area contributed by atoms with E-state index >= 15 is 0 Å². The summed E-state index contributed by atoms with van der Waals surface area (Å²) in [5.41, 5.74) is 4.72. The second-order valence-corrected chi connectivity index (χ2v) is 4.34. The van der Waals surface area contributed by atoms with E-state index in [-0.39, 0.29) is 11.4 Å². The van der Waals surface area contributed by atoms with Crippen LogP contribution in [0.15, 0.2) is 18.2 Å². The van der Waals surface area contributed by atoms with Gasteiger partial charge in [0.2, 0.25) is 0 Å². The Morgan fingerprint density at radius 3 is 2.62 bits per heavy atom. The van der Waals surface area contributed by atoms with Crippen molar-refractivity contribution < 1.29 is 13.9 Å². The molecule has 1 rings (SSSR count). The van der Waals surface area contributed by atoms with Crippen molar-refractivity contribution in [2.45, 2.75) is 26.4 Å². The number of ether oxygens (including phenoxy) is 1. The van der Waals surface area contributed by atoms with Gasteiger partial charge in [0.1, 0.15) is 5.60 Å². The highest BCUT2D eigenvalue weighted by Gasteiger charge is 2.17. The van der Waals surface area contributed by atoms with E-state index in [0.717, 1.165) is 0 Å². The Labute approximate surface area is 93.6 Å². The molecule has 88 valence electrons. The van der Waals surface area contributed by atoms with Crippen LogP contribution in [0.4, 0.5) is 20.6 Å². The van der Waals surface area contributed by atoms with E-state index in [2.05, 4.69) is 5.32 Å². The molecule has 0 aliphatic heterocycles. The molecule has 16 heavy (non-hydrogen) atoms. The number of nitrogen functional groups attached to an aromatic ring is 1. The number of carbonyl (C=O) groups excluding carboxylic acids is 1. The number of rotatable bonds is 1. The maximum Gasteiger partial charge on any atom is 0.412 e. The molecule has 1 aromatic carbocycles. The number of anilines is 2. The molecular weight excluding hydrogens is 211 g/mol. The lowest BCUT2D eigenvalue weighted by Crippen LogP contribution is -2.27. The molecule has 0 atom stereocenters. The molecule has 0 aliphatic carbocycles. The first kappa shape index (κ1) is 12.3. The summed E-state index contributed by atoms with van der Waals surface area (Å²) in [6.45, 7) is 5.17. The molecule has 1 aromatic rings. The van der Waals surface area contributed by atoms with Crippen molar-refractivity contribution in [1.29, 1.82) is 0 Å². The van der Waals surface area contributed by atoms with Crippen LogP contribution in [0.1, 0.15) is 20.8 Å². The minimum absolute atomic E-state index is 0.00856. The van der Waals surface area contributed by atoms with E-state index in [1.165, 1.54) is 12.1 Å². The largest absolute Gasteiger partial charge is 0.444 e. The van der Waals surface area contributed by atoms with Crippen molar-refractivity contribution in [1.82, 2.24) is 0 Å². The highest BCUT2D eigenvalue weighted by molar-refractivity contribution is 5.85. The number of halogens is 1. The monoisotopic (exact) mass is 226 g/mol. The number of nitrogens with two attached hydrogens (primary N) is 1. The lowest BCUT2D eigenvalue weighted by molar-refractivity contribution is 0.0635. The molecule has 0 radical (unpaired) electrons. The van der Waals surface area contributed by atoms with Crippen LogP contribution in [0, 0.1) is 5.82 Å². The van der Waals surface area contributed by atoms with Crippen molar-refractivity contribution in [3.8, 4) is 0 Å². The molecular formula is C11H15FN2O2. The summed E-state index contributed by atoms with van der Waals surface area (Å²) in [5.74, 6) is -0.659.